The van der Waals surface area contributed by atoms with Crippen molar-refractivity contribution in [3.63, 3.8) is 0 Å². The van der Waals surface area contributed by atoms with Crippen LogP contribution in [0.3, 0.4) is 0 Å². The number of aliphatic hydroxyl groups is 8. The van der Waals surface area contributed by atoms with Crippen LogP contribution in [0.4, 0.5) is 0 Å². The van der Waals surface area contributed by atoms with E-state index >= 15 is 0 Å². The highest BCUT2D eigenvalue weighted by Gasteiger charge is 2.51. The maximum atomic E-state index is 12.4. The highest BCUT2D eigenvalue weighted by atomic mass is 16.7. The predicted molar refractivity (Wildman–Crippen MR) is 147 cm³/mol. The molecule has 5 aliphatic rings. The van der Waals surface area contributed by atoms with Crippen molar-refractivity contribution in [3.05, 3.63) is 12.2 Å². The van der Waals surface area contributed by atoms with E-state index in [1.807, 2.05) is 0 Å². The second kappa shape index (κ2) is 14.5. The SMILES string of the molecule is O=C(C=CC1CCC(O)C(O)C1)OC[C@H]1O[C@@H](OC2CC3C(O)CC(O)CC3OC2C2CCC(O)CC2)[C@H](O)[C@@H](O)[C@@H]1O. The molecule has 0 amide bonds. The average molecular weight is 617 g/mol. The Morgan fingerprint density at radius 2 is 1.47 bits per heavy atom. The van der Waals surface area contributed by atoms with Crippen molar-refractivity contribution in [2.75, 3.05) is 6.61 Å². The molecule has 2 aliphatic heterocycles. The largest absolute Gasteiger partial charge is 0.460 e. The van der Waals surface area contributed by atoms with Crippen LogP contribution >= 0.6 is 0 Å². The fourth-order valence-electron chi connectivity index (χ4n) is 7.48. The third-order valence-electron chi connectivity index (χ3n) is 10.1. The molecule has 2 heterocycles. The lowest BCUT2D eigenvalue weighted by Crippen LogP contribution is -2.62. The highest BCUT2D eigenvalue weighted by molar-refractivity contribution is 5.81. The molecule has 0 radical (unpaired) electrons. The summed E-state index contributed by atoms with van der Waals surface area (Å²) in [4.78, 5) is 12.4. The normalized spacial score (nSPS) is 49.4. The van der Waals surface area contributed by atoms with Crippen LogP contribution in [-0.4, -0.2) is 133 Å². The molecule has 0 bridgehead atoms. The Balaban J connectivity index is 1.22. The van der Waals surface area contributed by atoms with Crippen molar-refractivity contribution in [1.29, 1.82) is 0 Å². The van der Waals surface area contributed by atoms with E-state index in [0.29, 0.717) is 57.8 Å². The molecule has 0 aromatic heterocycles. The fourth-order valence-corrected chi connectivity index (χ4v) is 7.48. The van der Waals surface area contributed by atoms with E-state index in [9.17, 15) is 45.6 Å². The number of esters is 1. The molecule has 9 unspecified atom stereocenters. The molecule has 43 heavy (non-hydrogen) atoms. The van der Waals surface area contributed by atoms with E-state index < -0.39 is 79.9 Å². The van der Waals surface area contributed by atoms with Crippen LogP contribution in [0.2, 0.25) is 0 Å². The summed E-state index contributed by atoms with van der Waals surface area (Å²) >= 11 is 0. The molecule has 3 saturated carbocycles. The third kappa shape index (κ3) is 7.95. The zero-order valence-corrected chi connectivity index (χ0v) is 24.3. The first-order valence-corrected chi connectivity index (χ1v) is 15.8. The van der Waals surface area contributed by atoms with Gasteiger partial charge < -0.3 is 59.8 Å². The van der Waals surface area contributed by atoms with Crippen LogP contribution < -0.4 is 0 Å². The van der Waals surface area contributed by atoms with Crippen LogP contribution in [0.1, 0.15) is 64.2 Å². The van der Waals surface area contributed by atoms with Crippen molar-refractivity contribution >= 4 is 5.97 Å². The summed E-state index contributed by atoms with van der Waals surface area (Å²) in [5.74, 6) is -1.10. The van der Waals surface area contributed by atoms with Crippen molar-refractivity contribution in [1.82, 2.24) is 0 Å². The van der Waals surface area contributed by atoms with Gasteiger partial charge in [-0.1, -0.05) is 6.08 Å². The Kier molecular flexibility index (Phi) is 11.1. The van der Waals surface area contributed by atoms with Gasteiger partial charge in [-0.3, -0.25) is 0 Å². The van der Waals surface area contributed by atoms with Gasteiger partial charge in [0.25, 0.3) is 0 Å². The molecule has 13 nitrogen and oxygen atoms in total. The van der Waals surface area contributed by atoms with E-state index in [1.54, 1.807) is 6.08 Å². The summed E-state index contributed by atoms with van der Waals surface area (Å²) in [5, 5.41) is 82.5. The number of fused-ring (bicyclic) bond motifs is 1. The second-order valence-corrected chi connectivity index (χ2v) is 13.2. The van der Waals surface area contributed by atoms with Gasteiger partial charge >= 0.3 is 5.97 Å². The fraction of sp³-hybridized carbons (Fsp3) is 0.900. The number of carbonyl (C=O) groups excluding carboxylic acids is 1. The van der Waals surface area contributed by atoms with Gasteiger partial charge in [0.1, 0.15) is 31.0 Å². The van der Waals surface area contributed by atoms with E-state index in [-0.39, 0.29) is 36.4 Å². The minimum Gasteiger partial charge on any atom is -0.460 e. The van der Waals surface area contributed by atoms with Gasteiger partial charge in [0.2, 0.25) is 0 Å². The first-order chi connectivity index (χ1) is 20.5. The molecule has 0 aromatic rings. The van der Waals surface area contributed by atoms with Gasteiger partial charge in [0.15, 0.2) is 6.29 Å². The summed E-state index contributed by atoms with van der Waals surface area (Å²) in [7, 11) is 0. The molecule has 2 saturated heterocycles. The first-order valence-electron chi connectivity index (χ1n) is 15.8. The predicted octanol–water partition coefficient (Wildman–Crippen LogP) is -1.36. The van der Waals surface area contributed by atoms with Gasteiger partial charge in [0.05, 0.1) is 48.8 Å². The van der Waals surface area contributed by atoms with Gasteiger partial charge in [-0.2, -0.15) is 0 Å². The van der Waals surface area contributed by atoms with E-state index in [2.05, 4.69) is 0 Å². The molecule has 0 aromatic carbocycles. The number of hydrogen-bond donors (Lipinski definition) is 8. The molecule has 8 N–H and O–H groups in total. The first kappa shape index (κ1) is 33.1. The van der Waals surface area contributed by atoms with Gasteiger partial charge in [-0.15, -0.1) is 0 Å². The van der Waals surface area contributed by atoms with Crippen molar-refractivity contribution in [2.45, 2.75) is 144 Å². The Morgan fingerprint density at radius 1 is 0.721 bits per heavy atom. The van der Waals surface area contributed by atoms with E-state index in [4.69, 9.17) is 18.9 Å². The Morgan fingerprint density at radius 3 is 2.19 bits per heavy atom. The summed E-state index contributed by atoms with van der Waals surface area (Å²) < 4.78 is 23.8. The smallest absolute Gasteiger partial charge is 0.330 e. The summed E-state index contributed by atoms with van der Waals surface area (Å²) in [6, 6.07) is 0. The number of carbonyl (C=O) groups is 1. The molecule has 0 spiro atoms. The number of rotatable bonds is 7. The van der Waals surface area contributed by atoms with Gasteiger partial charge in [0, 0.05) is 12.0 Å². The molecule has 246 valence electrons. The Bertz CT molecular complexity index is 941. The number of ether oxygens (including phenoxy) is 4. The Hall–Kier alpha value is -1.23. The third-order valence-corrected chi connectivity index (χ3v) is 10.1. The summed E-state index contributed by atoms with van der Waals surface area (Å²) in [6.07, 6.45) is -4.64. The van der Waals surface area contributed by atoms with Crippen LogP contribution in [0.5, 0.6) is 0 Å². The summed E-state index contributed by atoms with van der Waals surface area (Å²) in [6.45, 7) is -0.424. The minimum atomic E-state index is -1.65. The van der Waals surface area contributed by atoms with E-state index in [0.717, 1.165) is 0 Å². The maximum Gasteiger partial charge on any atom is 0.330 e. The van der Waals surface area contributed by atoms with Crippen LogP contribution in [0.25, 0.3) is 0 Å². The molecule has 5 fully saturated rings. The zero-order chi connectivity index (χ0) is 30.8. The highest BCUT2D eigenvalue weighted by Crippen LogP contribution is 2.43. The van der Waals surface area contributed by atoms with E-state index in [1.165, 1.54) is 6.08 Å². The van der Waals surface area contributed by atoms with Crippen molar-refractivity contribution < 1.29 is 64.6 Å². The van der Waals surface area contributed by atoms with Crippen molar-refractivity contribution in [2.24, 2.45) is 17.8 Å². The molecule has 14 atom stereocenters. The quantitative estimate of drug-likeness (QED) is 0.123. The second-order valence-electron chi connectivity index (χ2n) is 13.2. The molecule has 3 aliphatic carbocycles. The maximum absolute atomic E-state index is 12.4. The minimum absolute atomic E-state index is 0.0267. The van der Waals surface area contributed by atoms with Crippen molar-refractivity contribution in [3.8, 4) is 0 Å². The number of hydrogen-bond acceptors (Lipinski definition) is 13. The zero-order valence-electron chi connectivity index (χ0n) is 24.3. The number of aliphatic hydroxyl groups excluding tert-OH is 8. The monoisotopic (exact) mass is 616 g/mol. The van der Waals surface area contributed by atoms with Gasteiger partial charge in [-0.25, -0.2) is 4.79 Å². The lowest BCUT2D eigenvalue weighted by atomic mass is 9.73. The van der Waals surface area contributed by atoms with Crippen LogP contribution in [0, 0.1) is 17.8 Å². The lowest BCUT2D eigenvalue weighted by Gasteiger charge is -2.51. The topological polar surface area (TPSA) is 216 Å². The Labute approximate surface area is 251 Å². The summed E-state index contributed by atoms with van der Waals surface area (Å²) in [5.41, 5.74) is 0. The molecule has 13 heteroatoms. The number of allylic oxidation sites excluding steroid dienone is 1. The van der Waals surface area contributed by atoms with Crippen LogP contribution in [0.15, 0.2) is 12.2 Å². The molecular weight excluding hydrogens is 568 g/mol. The average Bonchev–Trinajstić information content (AvgIpc) is 2.97. The lowest BCUT2D eigenvalue weighted by molar-refractivity contribution is -0.333. The standard InChI is InChI=1S/C30H48O13/c31-16-5-3-15(4-6-16)29-23(12-18-20(34)10-17(32)11-22(18)41-29)42-30-28(39)27(38)26(37)24(43-30)13-40-25(36)8-2-14-1-7-19(33)21(35)9-14/h2,8,14-24,26-35,37-39H,1,3-7,9-13H2/t14?,15?,16?,17?,18?,19?,20?,21?,22?,23?,24-,26-,27+,28-,29?,30-/m1/s1. The molecule has 5 rings (SSSR count). The molecular formula is C30H48O13. The van der Waals surface area contributed by atoms with Crippen LogP contribution in [-0.2, 0) is 23.7 Å². The van der Waals surface area contributed by atoms with Gasteiger partial charge in [-0.05, 0) is 76.0 Å².